The summed E-state index contributed by atoms with van der Waals surface area (Å²) < 4.78 is 18.0. The van der Waals surface area contributed by atoms with Crippen LogP contribution in [0.5, 0.6) is 17.2 Å². The monoisotopic (exact) mass is 447 g/mol. The molecule has 2 aromatic heterocycles. The average Bonchev–Trinajstić information content (AvgIpc) is 3.28. The number of thiazole rings is 1. The van der Waals surface area contributed by atoms with Crippen LogP contribution in [-0.4, -0.2) is 35.7 Å². The number of aromatic nitrogens is 2. The Morgan fingerprint density at radius 2 is 2.00 bits per heavy atom. The first kappa shape index (κ1) is 20.3. The van der Waals surface area contributed by atoms with Crippen LogP contribution >= 0.6 is 11.3 Å². The summed E-state index contributed by atoms with van der Waals surface area (Å²) in [6, 6.07) is 14.9. The molecule has 0 atom stereocenters. The Bertz CT molecular complexity index is 1260. The molecule has 0 radical (unpaired) electrons. The van der Waals surface area contributed by atoms with E-state index in [0.29, 0.717) is 54.3 Å². The summed E-state index contributed by atoms with van der Waals surface area (Å²) in [6.07, 6.45) is 3.46. The second kappa shape index (κ2) is 8.84. The molecular weight excluding hydrogens is 426 g/mol. The Morgan fingerprint density at radius 1 is 1.12 bits per heavy atom. The predicted octanol–water partition coefficient (Wildman–Crippen LogP) is 4.71. The molecule has 7 nitrogen and oxygen atoms in total. The molecule has 0 fully saturated rings. The third-order valence-electron chi connectivity index (χ3n) is 5.00. The molecule has 2 aromatic carbocycles. The van der Waals surface area contributed by atoms with Crippen LogP contribution in [0.3, 0.4) is 0 Å². The largest absolute Gasteiger partial charge is 0.492 e. The molecule has 0 saturated carbocycles. The number of hydrogen-bond donors (Lipinski definition) is 0. The van der Waals surface area contributed by atoms with E-state index >= 15 is 0 Å². The maximum absolute atomic E-state index is 13.7. The Kier molecular flexibility index (Phi) is 5.60. The van der Waals surface area contributed by atoms with E-state index in [1.165, 1.54) is 11.3 Å². The molecular formula is C24H21N3O4S. The topological polar surface area (TPSA) is 73.8 Å². The van der Waals surface area contributed by atoms with Gasteiger partial charge < -0.3 is 14.2 Å². The minimum Gasteiger partial charge on any atom is -0.492 e. The first-order valence-electron chi connectivity index (χ1n) is 10.4. The van der Waals surface area contributed by atoms with Crippen LogP contribution < -0.4 is 19.1 Å². The van der Waals surface area contributed by atoms with Gasteiger partial charge in [-0.15, -0.1) is 0 Å². The van der Waals surface area contributed by atoms with Crippen LogP contribution in [0.4, 0.5) is 5.13 Å². The van der Waals surface area contributed by atoms with E-state index in [9.17, 15) is 4.79 Å². The number of hydrogen-bond acceptors (Lipinski definition) is 7. The maximum Gasteiger partial charge on any atom is 0.260 e. The molecule has 8 heteroatoms. The van der Waals surface area contributed by atoms with Gasteiger partial charge in [0, 0.05) is 18.0 Å². The van der Waals surface area contributed by atoms with Gasteiger partial charge in [-0.25, -0.2) is 4.98 Å². The fourth-order valence-electron chi connectivity index (χ4n) is 3.53. The van der Waals surface area contributed by atoms with Crippen LogP contribution in [0, 0.1) is 0 Å². The molecule has 0 aliphatic carbocycles. The zero-order chi connectivity index (χ0) is 21.9. The normalized spacial score (nSPS) is 12.5. The second-order valence-electron chi connectivity index (χ2n) is 7.14. The van der Waals surface area contributed by atoms with Crippen molar-refractivity contribution in [1.29, 1.82) is 0 Å². The number of fused-ring (bicyclic) bond motifs is 2. The van der Waals surface area contributed by atoms with Crippen LogP contribution in [0.15, 0.2) is 60.9 Å². The van der Waals surface area contributed by atoms with Gasteiger partial charge in [0.25, 0.3) is 5.91 Å². The number of carbonyl (C=O) groups excluding carboxylic acids is 1. The van der Waals surface area contributed by atoms with E-state index in [-0.39, 0.29) is 5.91 Å². The minimum atomic E-state index is -0.178. The minimum absolute atomic E-state index is 0.178. The van der Waals surface area contributed by atoms with Crippen molar-refractivity contribution >= 4 is 32.6 Å². The zero-order valence-electron chi connectivity index (χ0n) is 17.5. The van der Waals surface area contributed by atoms with Crippen LogP contribution in [0.25, 0.3) is 10.2 Å². The van der Waals surface area contributed by atoms with E-state index in [1.807, 2.05) is 37.3 Å². The first-order valence-corrected chi connectivity index (χ1v) is 11.2. The predicted molar refractivity (Wildman–Crippen MR) is 123 cm³/mol. The lowest BCUT2D eigenvalue weighted by molar-refractivity contribution is 0.0984. The number of amides is 1. The van der Waals surface area contributed by atoms with E-state index in [2.05, 4.69) is 4.98 Å². The van der Waals surface area contributed by atoms with E-state index < -0.39 is 0 Å². The first-order chi connectivity index (χ1) is 15.7. The Labute approximate surface area is 189 Å². The molecule has 0 bridgehead atoms. The summed E-state index contributed by atoms with van der Waals surface area (Å²) in [7, 11) is 0. The van der Waals surface area contributed by atoms with Crippen molar-refractivity contribution in [3.63, 3.8) is 0 Å². The van der Waals surface area contributed by atoms with Gasteiger partial charge in [0.05, 0.1) is 17.9 Å². The van der Waals surface area contributed by atoms with Gasteiger partial charge in [-0.3, -0.25) is 14.7 Å². The van der Waals surface area contributed by atoms with Gasteiger partial charge in [0.1, 0.15) is 24.5 Å². The third-order valence-corrected chi connectivity index (χ3v) is 6.04. The van der Waals surface area contributed by atoms with Gasteiger partial charge in [-0.05, 0) is 48.9 Å². The quantitative estimate of drug-likeness (QED) is 0.426. The van der Waals surface area contributed by atoms with E-state index in [4.69, 9.17) is 19.2 Å². The average molecular weight is 448 g/mol. The molecule has 1 aliphatic heterocycles. The summed E-state index contributed by atoms with van der Waals surface area (Å²) in [5.74, 6) is 1.75. The number of anilines is 1. The summed E-state index contributed by atoms with van der Waals surface area (Å²) in [5, 5.41) is 0.593. The van der Waals surface area contributed by atoms with Gasteiger partial charge in [0.2, 0.25) is 0 Å². The van der Waals surface area contributed by atoms with E-state index in [1.54, 1.807) is 35.5 Å². The highest BCUT2D eigenvalue weighted by atomic mass is 32.1. The van der Waals surface area contributed by atoms with Crippen molar-refractivity contribution in [1.82, 2.24) is 9.97 Å². The van der Waals surface area contributed by atoms with Gasteiger partial charge in [0.15, 0.2) is 16.6 Å². The van der Waals surface area contributed by atoms with Gasteiger partial charge >= 0.3 is 0 Å². The molecule has 3 heterocycles. The number of nitrogens with zero attached hydrogens (tertiary/aromatic N) is 3. The van der Waals surface area contributed by atoms with Crippen molar-refractivity contribution < 1.29 is 19.0 Å². The summed E-state index contributed by atoms with van der Waals surface area (Å²) in [5.41, 5.74) is 2.16. The number of pyridine rings is 1. The molecule has 162 valence electrons. The number of carbonyl (C=O) groups is 1. The highest BCUT2D eigenvalue weighted by Gasteiger charge is 2.24. The third kappa shape index (κ3) is 3.97. The highest BCUT2D eigenvalue weighted by molar-refractivity contribution is 7.22. The van der Waals surface area contributed by atoms with Gasteiger partial charge in [-0.2, -0.15) is 0 Å². The molecule has 1 aliphatic rings. The standard InChI is InChI=1S/C24H21N3O4S/c1-2-29-19-6-3-7-21-22(19)26-24(32-21)27(15-16-5-4-10-25-14-16)23(28)17-8-9-18-20(13-17)31-12-11-30-18/h3-10,13-14H,2,11-12,15H2,1H3. The molecule has 0 unspecified atom stereocenters. The van der Waals surface area contributed by atoms with Crippen molar-refractivity contribution in [3.8, 4) is 17.2 Å². The molecule has 0 N–H and O–H groups in total. The van der Waals surface area contributed by atoms with Gasteiger partial charge in [-0.1, -0.05) is 23.5 Å². The molecule has 0 spiro atoms. The maximum atomic E-state index is 13.7. The van der Waals surface area contributed by atoms with Crippen molar-refractivity contribution in [2.75, 3.05) is 24.7 Å². The van der Waals surface area contributed by atoms with Crippen LogP contribution in [0.1, 0.15) is 22.8 Å². The lowest BCUT2D eigenvalue weighted by Crippen LogP contribution is -2.30. The second-order valence-corrected chi connectivity index (χ2v) is 8.15. The van der Waals surface area contributed by atoms with Crippen molar-refractivity contribution in [2.24, 2.45) is 0 Å². The number of ether oxygens (including phenoxy) is 3. The fraction of sp³-hybridized carbons (Fsp3) is 0.208. The van der Waals surface area contributed by atoms with E-state index in [0.717, 1.165) is 15.8 Å². The van der Waals surface area contributed by atoms with Crippen LogP contribution in [-0.2, 0) is 6.54 Å². The molecule has 4 aromatic rings. The Hall–Kier alpha value is -3.65. The number of para-hydroxylation sites is 1. The zero-order valence-corrected chi connectivity index (χ0v) is 18.3. The molecule has 32 heavy (non-hydrogen) atoms. The Balaban J connectivity index is 1.56. The number of benzene rings is 2. The van der Waals surface area contributed by atoms with Crippen molar-refractivity contribution in [3.05, 3.63) is 72.1 Å². The highest BCUT2D eigenvalue weighted by Crippen LogP contribution is 2.36. The summed E-state index contributed by atoms with van der Waals surface area (Å²) in [6.45, 7) is 3.78. The fourth-order valence-corrected chi connectivity index (χ4v) is 4.51. The molecule has 5 rings (SSSR count). The Morgan fingerprint density at radius 3 is 2.81 bits per heavy atom. The van der Waals surface area contributed by atoms with Crippen molar-refractivity contribution in [2.45, 2.75) is 13.5 Å². The summed E-state index contributed by atoms with van der Waals surface area (Å²) >= 11 is 1.45. The smallest absolute Gasteiger partial charge is 0.260 e. The molecule has 1 amide bonds. The summed E-state index contributed by atoms with van der Waals surface area (Å²) in [4.78, 5) is 24.3. The van der Waals surface area contributed by atoms with Crippen LogP contribution in [0.2, 0.25) is 0 Å². The lowest BCUT2D eigenvalue weighted by Gasteiger charge is -2.22. The lowest BCUT2D eigenvalue weighted by atomic mass is 10.1. The number of rotatable bonds is 6. The SMILES string of the molecule is CCOc1cccc2sc(N(Cc3cccnc3)C(=O)c3ccc4c(c3)OCCO4)nc12. The molecule has 0 saturated heterocycles.